The summed E-state index contributed by atoms with van der Waals surface area (Å²) in [6, 6.07) is 10.3. The van der Waals surface area contributed by atoms with Crippen LogP contribution < -0.4 is 10.6 Å². The van der Waals surface area contributed by atoms with E-state index in [0.717, 1.165) is 6.07 Å². The molecule has 0 aliphatic carbocycles. The molecular formula is C17H12BrFN2O2. The normalized spacial score (nSPS) is 9.78. The molecule has 6 heteroatoms. The number of carbonyl (C=O) groups is 2. The predicted molar refractivity (Wildman–Crippen MR) is 89.7 cm³/mol. The Morgan fingerprint density at radius 2 is 1.91 bits per heavy atom. The Kier molecular flexibility index (Phi) is 5.50. The van der Waals surface area contributed by atoms with Crippen molar-refractivity contribution in [2.24, 2.45) is 0 Å². The van der Waals surface area contributed by atoms with Crippen LogP contribution in [0.25, 0.3) is 0 Å². The molecule has 0 unspecified atom stereocenters. The summed E-state index contributed by atoms with van der Waals surface area (Å²) in [5.74, 6) is 0.834. The third kappa shape index (κ3) is 4.41. The number of hydrogen-bond donors (Lipinski definition) is 2. The van der Waals surface area contributed by atoms with Crippen molar-refractivity contribution in [3.63, 3.8) is 0 Å². The van der Waals surface area contributed by atoms with Gasteiger partial charge < -0.3 is 10.6 Å². The van der Waals surface area contributed by atoms with E-state index >= 15 is 0 Å². The van der Waals surface area contributed by atoms with Gasteiger partial charge in [0, 0.05) is 10.0 Å². The lowest BCUT2D eigenvalue weighted by molar-refractivity contribution is 0.0959. The quantitative estimate of drug-likeness (QED) is 0.807. The van der Waals surface area contributed by atoms with Crippen molar-refractivity contribution in [1.29, 1.82) is 0 Å². The third-order valence-electron chi connectivity index (χ3n) is 2.90. The van der Waals surface area contributed by atoms with Gasteiger partial charge >= 0.3 is 0 Å². The van der Waals surface area contributed by atoms with Gasteiger partial charge in [0.05, 0.1) is 17.8 Å². The van der Waals surface area contributed by atoms with Crippen LogP contribution in [-0.4, -0.2) is 18.4 Å². The maximum atomic E-state index is 13.4. The first-order valence-corrected chi connectivity index (χ1v) is 7.38. The molecular weight excluding hydrogens is 363 g/mol. The minimum absolute atomic E-state index is 0.0813. The van der Waals surface area contributed by atoms with Crippen LogP contribution in [0.2, 0.25) is 0 Å². The molecule has 4 nitrogen and oxygen atoms in total. The van der Waals surface area contributed by atoms with Gasteiger partial charge in [-0.15, -0.1) is 6.42 Å². The van der Waals surface area contributed by atoms with E-state index in [4.69, 9.17) is 6.42 Å². The van der Waals surface area contributed by atoms with Crippen LogP contribution in [0.15, 0.2) is 46.9 Å². The van der Waals surface area contributed by atoms with Gasteiger partial charge in [0.25, 0.3) is 11.8 Å². The van der Waals surface area contributed by atoms with Gasteiger partial charge in [-0.05, 0) is 30.3 Å². The molecule has 0 saturated carbocycles. The van der Waals surface area contributed by atoms with E-state index in [1.54, 1.807) is 24.3 Å². The van der Waals surface area contributed by atoms with Gasteiger partial charge in [0.15, 0.2) is 0 Å². The second kappa shape index (κ2) is 7.56. The zero-order chi connectivity index (χ0) is 16.8. The summed E-state index contributed by atoms with van der Waals surface area (Å²) < 4.78 is 13.8. The van der Waals surface area contributed by atoms with Gasteiger partial charge in [-0.25, -0.2) is 4.39 Å². The number of terminal acetylenes is 1. The summed E-state index contributed by atoms with van der Waals surface area (Å²) in [5.41, 5.74) is 0.717. The highest BCUT2D eigenvalue weighted by atomic mass is 79.9. The molecule has 0 aliphatic rings. The number of hydrogen-bond acceptors (Lipinski definition) is 2. The lowest BCUT2D eigenvalue weighted by atomic mass is 10.1. The molecule has 0 heterocycles. The molecule has 2 aromatic carbocycles. The van der Waals surface area contributed by atoms with E-state index in [0.29, 0.717) is 10.2 Å². The van der Waals surface area contributed by atoms with E-state index in [2.05, 4.69) is 32.5 Å². The van der Waals surface area contributed by atoms with E-state index in [1.165, 1.54) is 12.1 Å². The Morgan fingerprint density at radius 3 is 2.61 bits per heavy atom. The molecule has 0 spiro atoms. The highest BCUT2D eigenvalue weighted by Crippen LogP contribution is 2.19. The van der Waals surface area contributed by atoms with Crippen molar-refractivity contribution in [3.8, 4) is 12.3 Å². The van der Waals surface area contributed by atoms with E-state index < -0.39 is 17.6 Å². The SMILES string of the molecule is C#CCNC(=O)c1ccccc1NC(=O)c1cc(F)cc(Br)c1. The monoisotopic (exact) mass is 374 g/mol. The topological polar surface area (TPSA) is 58.2 Å². The lowest BCUT2D eigenvalue weighted by Gasteiger charge is -2.11. The van der Waals surface area contributed by atoms with Gasteiger partial charge in [-0.2, -0.15) is 0 Å². The highest BCUT2D eigenvalue weighted by Gasteiger charge is 2.14. The molecule has 0 bridgehead atoms. The Balaban J connectivity index is 2.24. The highest BCUT2D eigenvalue weighted by molar-refractivity contribution is 9.10. The van der Waals surface area contributed by atoms with Crippen LogP contribution in [-0.2, 0) is 0 Å². The zero-order valence-electron chi connectivity index (χ0n) is 11.9. The van der Waals surface area contributed by atoms with Crippen molar-refractivity contribution in [2.45, 2.75) is 0 Å². The molecule has 0 saturated heterocycles. The molecule has 0 aliphatic heterocycles. The number of rotatable bonds is 4. The van der Waals surface area contributed by atoms with E-state index in [9.17, 15) is 14.0 Å². The lowest BCUT2D eigenvalue weighted by Crippen LogP contribution is -2.25. The summed E-state index contributed by atoms with van der Waals surface area (Å²) in [5, 5.41) is 5.13. The second-order valence-corrected chi connectivity index (χ2v) is 5.46. The van der Waals surface area contributed by atoms with Gasteiger partial charge in [0.1, 0.15) is 5.82 Å². The van der Waals surface area contributed by atoms with Gasteiger partial charge in [0.2, 0.25) is 0 Å². The van der Waals surface area contributed by atoms with Crippen LogP contribution in [0.3, 0.4) is 0 Å². The molecule has 116 valence electrons. The number of nitrogens with one attached hydrogen (secondary N) is 2. The molecule has 2 N–H and O–H groups in total. The van der Waals surface area contributed by atoms with Crippen LogP contribution in [0, 0.1) is 18.2 Å². The largest absolute Gasteiger partial charge is 0.341 e. The minimum atomic E-state index is -0.537. The van der Waals surface area contributed by atoms with Crippen molar-refractivity contribution in [1.82, 2.24) is 5.32 Å². The molecule has 0 fully saturated rings. The summed E-state index contributed by atoms with van der Waals surface area (Å²) in [7, 11) is 0. The zero-order valence-corrected chi connectivity index (χ0v) is 13.5. The van der Waals surface area contributed by atoms with Crippen molar-refractivity contribution in [3.05, 3.63) is 63.9 Å². The number of amides is 2. The van der Waals surface area contributed by atoms with Crippen LogP contribution in [0.1, 0.15) is 20.7 Å². The van der Waals surface area contributed by atoms with E-state index in [-0.39, 0.29) is 17.7 Å². The van der Waals surface area contributed by atoms with Crippen molar-refractivity contribution >= 4 is 33.4 Å². The fourth-order valence-corrected chi connectivity index (χ4v) is 2.36. The number of benzene rings is 2. The summed E-state index contributed by atoms with van der Waals surface area (Å²) in [6.07, 6.45) is 5.10. The average molecular weight is 375 g/mol. The molecule has 0 aromatic heterocycles. The summed E-state index contributed by atoms with van der Waals surface area (Å²) in [6.45, 7) is 0.0813. The minimum Gasteiger partial charge on any atom is -0.341 e. The smallest absolute Gasteiger partial charge is 0.255 e. The van der Waals surface area contributed by atoms with Crippen molar-refractivity contribution in [2.75, 3.05) is 11.9 Å². The molecule has 2 rings (SSSR count). The Morgan fingerprint density at radius 1 is 1.17 bits per heavy atom. The van der Waals surface area contributed by atoms with Crippen molar-refractivity contribution < 1.29 is 14.0 Å². The Labute approximate surface area is 141 Å². The van der Waals surface area contributed by atoms with Crippen LogP contribution >= 0.6 is 15.9 Å². The average Bonchev–Trinajstić information content (AvgIpc) is 2.52. The maximum absolute atomic E-state index is 13.4. The number of anilines is 1. The predicted octanol–water partition coefficient (Wildman–Crippen LogP) is 3.20. The van der Waals surface area contributed by atoms with Crippen LogP contribution in [0.5, 0.6) is 0 Å². The maximum Gasteiger partial charge on any atom is 0.255 e. The number of para-hydroxylation sites is 1. The first-order valence-electron chi connectivity index (χ1n) is 6.59. The molecule has 0 atom stereocenters. The van der Waals surface area contributed by atoms with Gasteiger partial charge in [-0.1, -0.05) is 34.0 Å². The standard InChI is InChI=1S/C17H12BrFN2O2/c1-2-7-20-17(23)14-5-3-4-6-15(14)21-16(22)11-8-12(18)10-13(19)9-11/h1,3-6,8-10H,7H2,(H,20,23)(H,21,22). The Hall–Kier alpha value is -2.65. The summed E-state index contributed by atoms with van der Waals surface area (Å²) >= 11 is 3.13. The first kappa shape index (κ1) is 16.7. The Bertz CT molecular complexity index is 779. The second-order valence-electron chi connectivity index (χ2n) is 4.54. The summed E-state index contributed by atoms with van der Waals surface area (Å²) in [4.78, 5) is 24.3. The molecule has 2 amide bonds. The number of carbonyl (C=O) groups excluding carboxylic acids is 2. The van der Waals surface area contributed by atoms with Crippen LogP contribution in [0.4, 0.5) is 10.1 Å². The number of halogens is 2. The molecule has 2 aromatic rings. The molecule has 23 heavy (non-hydrogen) atoms. The third-order valence-corrected chi connectivity index (χ3v) is 3.35. The van der Waals surface area contributed by atoms with E-state index in [1.807, 2.05) is 0 Å². The van der Waals surface area contributed by atoms with Gasteiger partial charge in [-0.3, -0.25) is 9.59 Å². The first-order chi connectivity index (χ1) is 11.0. The molecule has 0 radical (unpaired) electrons. The fourth-order valence-electron chi connectivity index (χ4n) is 1.90. The fraction of sp³-hybridized carbons (Fsp3) is 0.0588.